The van der Waals surface area contributed by atoms with Gasteiger partial charge in [-0.05, 0) is 44.0 Å². The van der Waals surface area contributed by atoms with E-state index in [0.717, 1.165) is 11.1 Å². The maximum absolute atomic E-state index is 13.5. The van der Waals surface area contributed by atoms with Gasteiger partial charge in [0.15, 0.2) is 0 Å². The number of aromatic nitrogens is 3. The minimum absolute atomic E-state index is 0.0659. The van der Waals surface area contributed by atoms with Gasteiger partial charge in [-0.1, -0.05) is 31.7 Å². The fourth-order valence-electron chi connectivity index (χ4n) is 2.94. The van der Waals surface area contributed by atoms with Crippen molar-refractivity contribution in [3.05, 3.63) is 53.3 Å². The highest BCUT2D eigenvalue weighted by molar-refractivity contribution is 5.83. The van der Waals surface area contributed by atoms with E-state index in [-0.39, 0.29) is 18.2 Å². The van der Waals surface area contributed by atoms with E-state index >= 15 is 0 Å². The van der Waals surface area contributed by atoms with Crippen molar-refractivity contribution in [3.63, 3.8) is 0 Å². The van der Waals surface area contributed by atoms with E-state index < -0.39 is 23.7 Å². The Morgan fingerprint density at radius 1 is 1.02 bits per heavy atom. The lowest BCUT2D eigenvalue weighted by Crippen LogP contribution is -2.13. The Hall–Kier alpha value is -3.97. The fraction of sp³-hybridized carbons (Fsp3) is 0.407. The Morgan fingerprint density at radius 3 is 2.20 bits per heavy atom. The molecule has 0 bridgehead atoms. The number of nitrogens with zero attached hydrogens (tertiary/aromatic N) is 3. The first-order valence-electron chi connectivity index (χ1n) is 12.6. The first-order chi connectivity index (χ1) is 19.0. The molecule has 0 aliphatic heterocycles. The van der Waals surface area contributed by atoms with E-state index in [2.05, 4.69) is 30.9 Å². The third-order valence-electron chi connectivity index (χ3n) is 5.53. The topological polar surface area (TPSA) is 142 Å². The van der Waals surface area contributed by atoms with Crippen LogP contribution >= 0.6 is 0 Å². The molecule has 40 heavy (non-hydrogen) atoms. The molecular weight excluding hydrogens is 529 g/mol. The standard InChI is InChI=1S/C20H19F3N6O2.C4H8.C3H8O2/c1-11-4-5-14(16(6-11)26-10-30)27-18-13(20(21,22)23)9-25-19(29-18)28-15-7-17(31-3)24-8-12(15)2;1-2-4-3-1;1-3(5)2-4/h4-10H,1-3H3,(H,26,30)(H2,24,25,27,28,29);1-4H2;3-5H,2H2,1H3. The van der Waals surface area contributed by atoms with Gasteiger partial charge in [0.2, 0.25) is 18.2 Å². The summed E-state index contributed by atoms with van der Waals surface area (Å²) >= 11 is 0. The van der Waals surface area contributed by atoms with Gasteiger partial charge in [0.05, 0.1) is 36.9 Å². The molecule has 1 amide bonds. The van der Waals surface area contributed by atoms with Crippen LogP contribution in [0, 0.1) is 13.8 Å². The molecule has 1 unspecified atom stereocenters. The van der Waals surface area contributed by atoms with Gasteiger partial charge in [0.1, 0.15) is 11.4 Å². The van der Waals surface area contributed by atoms with Crippen molar-refractivity contribution in [2.24, 2.45) is 0 Å². The molecule has 1 aromatic carbocycles. The van der Waals surface area contributed by atoms with Crippen LogP contribution in [0.5, 0.6) is 5.88 Å². The van der Waals surface area contributed by atoms with Crippen LogP contribution in [0.15, 0.2) is 36.7 Å². The zero-order valence-electron chi connectivity index (χ0n) is 22.8. The van der Waals surface area contributed by atoms with Crippen LogP contribution in [-0.4, -0.2) is 51.4 Å². The van der Waals surface area contributed by atoms with Crippen molar-refractivity contribution in [3.8, 4) is 5.88 Å². The number of carbonyl (C=O) groups is 1. The maximum atomic E-state index is 13.5. The van der Waals surface area contributed by atoms with Gasteiger partial charge < -0.3 is 30.9 Å². The summed E-state index contributed by atoms with van der Waals surface area (Å²) in [6.45, 7) is 4.95. The first-order valence-corrected chi connectivity index (χ1v) is 12.6. The van der Waals surface area contributed by atoms with E-state index in [1.165, 1.54) is 39.7 Å². The van der Waals surface area contributed by atoms with Crippen LogP contribution < -0.4 is 20.7 Å². The Labute approximate surface area is 231 Å². The molecule has 1 fully saturated rings. The number of alkyl halides is 3. The number of benzene rings is 1. The van der Waals surface area contributed by atoms with Crippen molar-refractivity contribution in [1.82, 2.24) is 15.0 Å². The number of carbonyl (C=O) groups excluding carboxylic acids is 1. The average molecular weight is 565 g/mol. The quantitative estimate of drug-likeness (QED) is 0.225. The minimum atomic E-state index is -4.69. The van der Waals surface area contributed by atoms with Crippen molar-refractivity contribution in [1.29, 1.82) is 0 Å². The third-order valence-corrected chi connectivity index (χ3v) is 5.53. The number of rotatable bonds is 8. The van der Waals surface area contributed by atoms with Gasteiger partial charge in [-0.3, -0.25) is 4.79 Å². The molecule has 218 valence electrons. The lowest BCUT2D eigenvalue weighted by atomic mass is 10.0. The Bertz CT molecular complexity index is 1230. The van der Waals surface area contributed by atoms with Crippen molar-refractivity contribution in [2.45, 2.75) is 58.7 Å². The lowest BCUT2D eigenvalue weighted by Gasteiger charge is -2.17. The molecule has 1 saturated carbocycles. The van der Waals surface area contributed by atoms with Gasteiger partial charge in [-0.15, -0.1) is 0 Å². The van der Waals surface area contributed by atoms with E-state index in [9.17, 15) is 18.0 Å². The summed E-state index contributed by atoms with van der Waals surface area (Å²) in [6.07, 6.45) is 3.42. The molecule has 1 aliphatic carbocycles. The number of aliphatic hydroxyl groups excluding tert-OH is 2. The number of hydrogen-bond acceptors (Lipinski definition) is 9. The van der Waals surface area contributed by atoms with Gasteiger partial charge in [-0.25, -0.2) is 9.97 Å². The fourth-order valence-corrected chi connectivity index (χ4v) is 2.94. The largest absolute Gasteiger partial charge is 0.481 e. The summed E-state index contributed by atoms with van der Waals surface area (Å²) in [4.78, 5) is 22.8. The normalized spacial score (nSPS) is 12.8. The Morgan fingerprint density at radius 2 is 1.68 bits per heavy atom. The van der Waals surface area contributed by atoms with E-state index in [1.54, 1.807) is 44.3 Å². The van der Waals surface area contributed by atoms with E-state index in [1.807, 2.05) is 0 Å². The molecule has 2 heterocycles. The van der Waals surface area contributed by atoms with E-state index in [4.69, 9.17) is 14.9 Å². The molecule has 0 radical (unpaired) electrons. The summed E-state index contributed by atoms with van der Waals surface area (Å²) in [5.41, 5.74) is 1.56. The van der Waals surface area contributed by atoms with Crippen LogP contribution in [0.25, 0.3) is 0 Å². The number of halogens is 3. The van der Waals surface area contributed by atoms with Crippen LogP contribution in [-0.2, 0) is 11.0 Å². The van der Waals surface area contributed by atoms with Crippen molar-refractivity contribution < 1.29 is 32.9 Å². The second-order valence-electron chi connectivity index (χ2n) is 9.00. The summed E-state index contributed by atoms with van der Waals surface area (Å²) in [5.74, 6) is -0.215. The number of aliphatic hydroxyl groups is 2. The second kappa shape index (κ2) is 15.6. The van der Waals surface area contributed by atoms with Crippen LogP contribution in [0.1, 0.15) is 49.3 Å². The lowest BCUT2D eigenvalue weighted by molar-refractivity contribution is -0.137. The molecule has 10 nitrogen and oxygen atoms in total. The summed E-state index contributed by atoms with van der Waals surface area (Å²) in [5, 5.41) is 24.0. The number of methoxy groups -OCH3 is 1. The Balaban J connectivity index is 0.000000532. The predicted octanol–water partition coefficient (Wildman–Crippen LogP) is 5.49. The maximum Gasteiger partial charge on any atom is 0.421 e. The number of pyridine rings is 1. The molecule has 4 rings (SSSR count). The molecule has 2 aromatic heterocycles. The van der Waals surface area contributed by atoms with E-state index in [0.29, 0.717) is 29.9 Å². The minimum Gasteiger partial charge on any atom is -0.481 e. The summed E-state index contributed by atoms with van der Waals surface area (Å²) in [6, 6.07) is 6.44. The number of amides is 1. The van der Waals surface area contributed by atoms with Crippen LogP contribution in [0.2, 0.25) is 0 Å². The number of nitrogens with one attached hydrogen (secondary N) is 3. The smallest absolute Gasteiger partial charge is 0.421 e. The zero-order valence-corrected chi connectivity index (χ0v) is 22.8. The SMILES string of the molecule is C1CCC1.CC(O)CO.COc1cc(Nc2ncc(C(F)(F)F)c(Nc3ccc(C)cc3NC=O)n2)c(C)cn1. The number of ether oxygens (including phenoxy) is 1. The van der Waals surface area contributed by atoms with Crippen molar-refractivity contribution >= 4 is 35.2 Å². The van der Waals surface area contributed by atoms with Crippen LogP contribution in [0.4, 0.5) is 42.0 Å². The van der Waals surface area contributed by atoms with Gasteiger partial charge in [0, 0.05) is 18.5 Å². The molecule has 0 saturated heterocycles. The van der Waals surface area contributed by atoms with Crippen molar-refractivity contribution in [2.75, 3.05) is 29.7 Å². The number of anilines is 5. The molecule has 5 N–H and O–H groups in total. The molecule has 1 atom stereocenters. The molecule has 1 aliphatic rings. The molecule has 3 aromatic rings. The van der Waals surface area contributed by atoms with Gasteiger partial charge in [0.25, 0.3) is 0 Å². The van der Waals surface area contributed by atoms with Crippen LogP contribution in [0.3, 0.4) is 0 Å². The second-order valence-corrected chi connectivity index (χ2v) is 9.00. The predicted molar refractivity (Wildman–Crippen MR) is 147 cm³/mol. The molecular formula is C27H35F3N6O4. The van der Waals surface area contributed by atoms with Gasteiger partial charge >= 0.3 is 6.18 Å². The third kappa shape index (κ3) is 10.3. The number of aryl methyl sites for hydroxylation is 2. The summed E-state index contributed by atoms with van der Waals surface area (Å²) in [7, 11) is 1.45. The molecule has 0 spiro atoms. The Kier molecular flexibility index (Phi) is 12.6. The first kappa shape index (κ1) is 32.2. The highest BCUT2D eigenvalue weighted by atomic mass is 19.4. The highest BCUT2D eigenvalue weighted by Crippen LogP contribution is 2.37. The molecule has 13 heteroatoms. The number of hydrogen-bond donors (Lipinski definition) is 5. The average Bonchev–Trinajstić information content (AvgIpc) is 2.86. The van der Waals surface area contributed by atoms with Gasteiger partial charge in [-0.2, -0.15) is 18.2 Å². The summed E-state index contributed by atoms with van der Waals surface area (Å²) < 4.78 is 45.7. The zero-order chi connectivity index (χ0) is 29.7. The highest BCUT2D eigenvalue weighted by Gasteiger charge is 2.35. The monoisotopic (exact) mass is 564 g/mol.